The molecule has 0 atom stereocenters. The summed E-state index contributed by atoms with van der Waals surface area (Å²) in [6.07, 6.45) is 1.12. The zero-order valence-electron chi connectivity index (χ0n) is 9.90. The number of aromatic nitrogens is 2. The summed E-state index contributed by atoms with van der Waals surface area (Å²) >= 11 is 0. The molecule has 1 aliphatic rings. The van der Waals surface area contributed by atoms with Crippen LogP contribution < -0.4 is 5.32 Å². The first-order valence-electron chi connectivity index (χ1n) is 6.22. The molecule has 0 fully saturated rings. The molecule has 18 heavy (non-hydrogen) atoms. The van der Waals surface area contributed by atoms with Crippen LogP contribution in [0.5, 0.6) is 0 Å². The molecule has 0 unspecified atom stereocenters. The summed E-state index contributed by atoms with van der Waals surface area (Å²) in [5.41, 5.74) is 5.93. The normalized spacial score (nSPS) is 13.6. The predicted octanol–water partition coefficient (Wildman–Crippen LogP) is 3.20. The molecule has 2 heterocycles. The molecule has 3 aromatic rings. The van der Waals surface area contributed by atoms with E-state index in [-0.39, 0.29) is 0 Å². The third-order valence-electron chi connectivity index (χ3n) is 3.56. The Hall–Kier alpha value is -2.29. The van der Waals surface area contributed by atoms with Gasteiger partial charge in [0.2, 0.25) is 0 Å². The Morgan fingerprint density at radius 3 is 3.00 bits per heavy atom. The largest absolute Gasteiger partial charge is 0.384 e. The standard InChI is InChI=1S/C15H13N3/c1-2-4-13-12(3-1)15(18-17-13)11-6-5-10-7-8-16-14(10)9-11/h1-6,9,16H,7-8H2,(H,17,18). The molecule has 0 spiro atoms. The predicted molar refractivity (Wildman–Crippen MR) is 73.7 cm³/mol. The lowest BCUT2D eigenvalue weighted by atomic mass is 10.0. The fraction of sp³-hybridized carbons (Fsp3) is 0.133. The molecule has 0 saturated heterocycles. The van der Waals surface area contributed by atoms with Crippen LogP contribution in [0.3, 0.4) is 0 Å². The number of fused-ring (bicyclic) bond motifs is 2. The number of H-pyrrole nitrogens is 1. The van der Waals surface area contributed by atoms with Crippen LogP contribution >= 0.6 is 0 Å². The second-order valence-corrected chi connectivity index (χ2v) is 4.67. The van der Waals surface area contributed by atoms with E-state index in [9.17, 15) is 0 Å². The fourth-order valence-corrected chi connectivity index (χ4v) is 2.62. The number of nitrogens with zero attached hydrogens (tertiary/aromatic N) is 1. The van der Waals surface area contributed by atoms with Crippen molar-refractivity contribution >= 4 is 16.6 Å². The number of para-hydroxylation sites is 1. The number of rotatable bonds is 1. The maximum absolute atomic E-state index is 4.44. The molecular weight excluding hydrogens is 222 g/mol. The van der Waals surface area contributed by atoms with Crippen molar-refractivity contribution in [1.82, 2.24) is 10.2 Å². The van der Waals surface area contributed by atoms with E-state index in [4.69, 9.17) is 0 Å². The van der Waals surface area contributed by atoms with Crippen molar-refractivity contribution in [3.05, 3.63) is 48.0 Å². The third kappa shape index (κ3) is 1.34. The number of anilines is 1. The van der Waals surface area contributed by atoms with Crippen LogP contribution in [0.25, 0.3) is 22.2 Å². The summed E-state index contributed by atoms with van der Waals surface area (Å²) in [5.74, 6) is 0. The smallest absolute Gasteiger partial charge is 0.1000 e. The number of hydrogen-bond donors (Lipinski definition) is 2. The first kappa shape index (κ1) is 9.71. The van der Waals surface area contributed by atoms with Gasteiger partial charge in [0, 0.05) is 23.2 Å². The molecule has 0 amide bonds. The van der Waals surface area contributed by atoms with Crippen molar-refractivity contribution in [2.75, 3.05) is 11.9 Å². The number of aromatic amines is 1. The second-order valence-electron chi connectivity index (χ2n) is 4.67. The van der Waals surface area contributed by atoms with Crippen molar-refractivity contribution in [3.8, 4) is 11.3 Å². The van der Waals surface area contributed by atoms with Crippen LogP contribution in [-0.4, -0.2) is 16.7 Å². The number of nitrogens with one attached hydrogen (secondary N) is 2. The van der Waals surface area contributed by atoms with E-state index >= 15 is 0 Å². The van der Waals surface area contributed by atoms with E-state index in [0.717, 1.165) is 24.2 Å². The molecule has 0 bridgehead atoms. The fourth-order valence-electron chi connectivity index (χ4n) is 2.62. The maximum atomic E-state index is 4.44. The lowest BCUT2D eigenvalue weighted by Gasteiger charge is -2.03. The third-order valence-corrected chi connectivity index (χ3v) is 3.56. The van der Waals surface area contributed by atoms with E-state index in [1.54, 1.807) is 0 Å². The summed E-state index contributed by atoms with van der Waals surface area (Å²) in [6.45, 7) is 1.04. The first-order valence-corrected chi connectivity index (χ1v) is 6.22. The monoisotopic (exact) mass is 235 g/mol. The van der Waals surface area contributed by atoms with Gasteiger partial charge in [-0.1, -0.05) is 30.3 Å². The molecule has 0 aliphatic carbocycles. The topological polar surface area (TPSA) is 40.7 Å². The average molecular weight is 235 g/mol. The Morgan fingerprint density at radius 2 is 2.00 bits per heavy atom. The molecule has 2 N–H and O–H groups in total. The maximum Gasteiger partial charge on any atom is 0.1000 e. The molecule has 88 valence electrons. The van der Waals surface area contributed by atoms with Gasteiger partial charge in [-0.3, -0.25) is 5.10 Å². The lowest BCUT2D eigenvalue weighted by Crippen LogP contribution is -1.91. The molecule has 0 saturated carbocycles. The number of benzene rings is 2. The van der Waals surface area contributed by atoms with E-state index < -0.39 is 0 Å². The minimum absolute atomic E-state index is 1.03. The van der Waals surface area contributed by atoms with Crippen LogP contribution in [0.4, 0.5) is 5.69 Å². The van der Waals surface area contributed by atoms with Gasteiger partial charge in [-0.15, -0.1) is 0 Å². The zero-order valence-corrected chi connectivity index (χ0v) is 9.90. The molecule has 1 aliphatic heterocycles. The average Bonchev–Trinajstić information content (AvgIpc) is 3.04. The number of hydrogen-bond acceptors (Lipinski definition) is 2. The molecule has 4 rings (SSSR count). The van der Waals surface area contributed by atoms with E-state index in [1.165, 1.54) is 22.2 Å². The van der Waals surface area contributed by atoms with Crippen molar-refractivity contribution in [2.45, 2.75) is 6.42 Å². The van der Waals surface area contributed by atoms with Gasteiger partial charge in [0.1, 0.15) is 0 Å². The summed E-state index contributed by atoms with van der Waals surface area (Å²) in [5, 5.41) is 12.1. The van der Waals surface area contributed by atoms with Crippen LogP contribution in [0.1, 0.15) is 5.56 Å². The van der Waals surface area contributed by atoms with Gasteiger partial charge < -0.3 is 5.32 Å². The second kappa shape index (κ2) is 3.60. The van der Waals surface area contributed by atoms with E-state index in [2.05, 4.69) is 45.8 Å². The SMILES string of the molecule is c1ccc2c(-c3ccc4c(c3)NCC4)n[nH]c2c1. The van der Waals surface area contributed by atoms with E-state index in [0.29, 0.717) is 0 Å². The summed E-state index contributed by atoms with van der Waals surface area (Å²) < 4.78 is 0. The van der Waals surface area contributed by atoms with Crippen LogP contribution in [0.15, 0.2) is 42.5 Å². The molecular formula is C15H13N3. The summed E-state index contributed by atoms with van der Waals surface area (Å²) in [4.78, 5) is 0. The van der Waals surface area contributed by atoms with Crippen LogP contribution in [0, 0.1) is 0 Å². The first-order chi connectivity index (χ1) is 8.92. The summed E-state index contributed by atoms with van der Waals surface area (Å²) in [7, 11) is 0. The van der Waals surface area contributed by atoms with Crippen molar-refractivity contribution < 1.29 is 0 Å². The molecule has 0 radical (unpaired) electrons. The Balaban J connectivity index is 1.92. The minimum Gasteiger partial charge on any atom is -0.384 e. The quantitative estimate of drug-likeness (QED) is 0.680. The molecule has 2 aromatic carbocycles. The van der Waals surface area contributed by atoms with Gasteiger partial charge in [0.05, 0.1) is 11.2 Å². The zero-order chi connectivity index (χ0) is 11.9. The van der Waals surface area contributed by atoms with Gasteiger partial charge in [-0.2, -0.15) is 5.10 Å². The van der Waals surface area contributed by atoms with Crippen LogP contribution in [-0.2, 0) is 6.42 Å². The van der Waals surface area contributed by atoms with Gasteiger partial charge in [-0.25, -0.2) is 0 Å². The van der Waals surface area contributed by atoms with Gasteiger partial charge in [0.15, 0.2) is 0 Å². The van der Waals surface area contributed by atoms with E-state index in [1.807, 2.05) is 12.1 Å². The molecule has 3 nitrogen and oxygen atoms in total. The van der Waals surface area contributed by atoms with Crippen LogP contribution in [0.2, 0.25) is 0 Å². The molecule has 3 heteroatoms. The van der Waals surface area contributed by atoms with Gasteiger partial charge in [-0.05, 0) is 24.1 Å². The van der Waals surface area contributed by atoms with Crippen molar-refractivity contribution in [3.63, 3.8) is 0 Å². The highest BCUT2D eigenvalue weighted by atomic mass is 15.1. The van der Waals surface area contributed by atoms with Gasteiger partial charge >= 0.3 is 0 Å². The Morgan fingerprint density at radius 1 is 1.06 bits per heavy atom. The summed E-state index contributed by atoms with van der Waals surface area (Å²) in [6, 6.07) is 14.8. The Labute approximate surface area is 105 Å². The van der Waals surface area contributed by atoms with Gasteiger partial charge in [0.25, 0.3) is 0 Å². The van der Waals surface area contributed by atoms with Crippen molar-refractivity contribution in [1.29, 1.82) is 0 Å². The Bertz CT molecular complexity index is 727. The lowest BCUT2D eigenvalue weighted by molar-refractivity contribution is 1.11. The minimum atomic E-state index is 1.03. The highest BCUT2D eigenvalue weighted by molar-refractivity contribution is 5.93. The highest BCUT2D eigenvalue weighted by Gasteiger charge is 2.13. The Kier molecular flexibility index (Phi) is 1.94. The van der Waals surface area contributed by atoms with Crippen molar-refractivity contribution in [2.24, 2.45) is 0 Å². The molecule has 1 aromatic heterocycles. The highest BCUT2D eigenvalue weighted by Crippen LogP contribution is 2.31.